The van der Waals surface area contributed by atoms with Crippen LogP contribution in [0.2, 0.25) is 0 Å². The van der Waals surface area contributed by atoms with E-state index >= 15 is 0 Å². The Morgan fingerprint density at radius 2 is 1.78 bits per heavy atom. The van der Waals surface area contributed by atoms with E-state index in [1.165, 1.54) is 12.1 Å². The number of carbonyl (C=O) groups excluding carboxylic acids is 2. The molecule has 142 valence electrons. The highest BCUT2D eigenvalue weighted by Gasteiger charge is 2.19. The first-order valence-corrected chi connectivity index (χ1v) is 9.43. The van der Waals surface area contributed by atoms with Gasteiger partial charge in [-0.2, -0.15) is 0 Å². The van der Waals surface area contributed by atoms with Crippen LogP contribution in [0.4, 0.5) is 4.39 Å². The van der Waals surface area contributed by atoms with Crippen molar-refractivity contribution in [3.63, 3.8) is 0 Å². The number of benzene rings is 2. The van der Waals surface area contributed by atoms with Gasteiger partial charge in [-0.1, -0.05) is 31.2 Å². The van der Waals surface area contributed by atoms with Crippen LogP contribution in [0, 0.1) is 11.7 Å². The number of carbonyl (C=O) groups is 2. The zero-order chi connectivity index (χ0) is 19.2. The van der Waals surface area contributed by atoms with Crippen molar-refractivity contribution < 1.29 is 14.0 Å². The minimum absolute atomic E-state index is 0.0557. The molecule has 2 aromatic carbocycles. The van der Waals surface area contributed by atoms with Crippen LogP contribution in [0.3, 0.4) is 0 Å². The van der Waals surface area contributed by atoms with Crippen molar-refractivity contribution in [2.45, 2.75) is 32.7 Å². The molecular formula is C22H25FN2O2. The van der Waals surface area contributed by atoms with E-state index in [0.717, 1.165) is 37.1 Å². The second-order valence-electron chi connectivity index (χ2n) is 7.15. The summed E-state index contributed by atoms with van der Waals surface area (Å²) in [6, 6.07) is 13.7. The number of hydrogen-bond donors (Lipinski definition) is 1. The fraction of sp³-hybridized carbons (Fsp3) is 0.364. The molecule has 27 heavy (non-hydrogen) atoms. The summed E-state index contributed by atoms with van der Waals surface area (Å²) in [5.74, 6) is -0.587. The Morgan fingerprint density at radius 1 is 1.07 bits per heavy atom. The molecule has 1 atom stereocenters. The summed E-state index contributed by atoms with van der Waals surface area (Å²) < 4.78 is 13.3. The summed E-state index contributed by atoms with van der Waals surface area (Å²) >= 11 is 0. The van der Waals surface area contributed by atoms with Crippen LogP contribution in [0.15, 0.2) is 48.5 Å². The summed E-state index contributed by atoms with van der Waals surface area (Å²) in [5, 5.41) is 2.91. The molecule has 0 saturated carbocycles. The number of amides is 2. The largest absolute Gasteiger partial charge is 0.352 e. The fourth-order valence-corrected chi connectivity index (χ4v) is 3.39. The third-order valence-corrected chi connectivity index (χ3v) is 4.91. The predicted octanol–water partition coefficient (Wildman–Crippen LogP) is 3.56. The number of halogens is 1. The Balaban J connectivity index is 1.55. The van der Waals surface area contributed by atoms with Gasteiger partial charge in [0.25, 0.3) is 5.91 Å². The molecule has 0 bridgehead atoms. The Labute approximate surface area is 159 Å². The lowest BCUT2D eigenvalue weighted by Crippen LogP contribution is -2.30. The van der Waals surface area contributed by atoms with Crippen molar-refractivity contribution in [3.05, 3.63) is 71.0 Å². The van der Waals surface area contributed by atoms with E-state index in [0.29, 0.717) is 18.5 Å². The van der Waals surface area contributed by atoms with E-state index < -0.39 is 0 Å². The van der Waals surface area contributed by atoms with Crippen LogP contribution in [0.25, 0.3) is 0 Å². The first-order chi connectivity index (χ1) is 13.0. The molecule has 3 rings (SSSR count). The molecule has 2 amide bonds. The van der Waals surface area contributed by atoms with E-state index in [-0.39, 0.29) is 23.5 Å². The zero-order valence-electron chi connectivity index (χ0n) is 15.6. The van der Waals surface area contributed by atoms with Crippen molar-refractivity contribution in [3.8, 4) is 0 Å². The lowest BCUT2D eigenvalue weighted by Gasteiger charge is -2.16. The molecular weight excluding hydrogens is 343 g/mol. The molecule has 0 radical (unpaired) electrons. The van der Waals surface area contributed by atoms with Crippen molar-refractivity contribution in [1.29, 1.82) is 0 Å². The highest BCUT2D eigenvalue weighted by Crippen LogP contribution is 2.15. The van der Waals surface area contributed by atoms with Gasteiger partial charge in [-0.3, -0.25) is 9.59 Å². The van der Waals surface area contributed by atoms with Crippen LogP contribution in [-0.4, -0.2) is 29.8 Å². The summed E-state index contributed by atoms with van der Waals surface area (Å²) in [5.41, 5.74) is 2.36. The highest BCUT2D eigenvalue weighted by molar-refractivity contribution is 5.94. The zero-order valence-corrected chi connectivity index (χ0v) is 15.6. The van der Waals surface area contributed by atoms with Gasteiger partial charge < -0.3 is 10.2 Å². The average molecular weight is 368 g/mol. The summed E-state index contributed by atoms with van der Waals surface area (Å²) in [6.07, 6.45) is 2.60. The van der Waals surface area contributed by atoms with Crippen molar-refractivity contribution >= 4 is 11.8 Å². The predicted molar refractivity (Wildman–Crippen MR) is 103 cm³/mol. The Morgan fingerprint density at radius 3 is 2.52 bits per heavy atom. The molecule has 0 aliphatic carbocycles. The first kappa shape index (κ1) is 19.1. The molecule has 1 unspecified atom stereocenters. The van der Waals surface area contributed by atoms with E-state index in [2.05, 4.69) is 5.32 Å². The van der Waals surface area contributed by atoms with Gasteiger partial charge in [0.2, 0.25) is 5.91 Å². The van der Waals surface area contributed by atoms with Crippen molar-refractivity contribution in [2.24, 2.45) is 5.92 Å². The van der Waals surface area contributed by atoms with E-state index in [4.69, 9.17) is 0 Å². The molecule has 1 fully saturated rings. The minimum Gasteiger partial charge on any atom is -0.352 e. The lowest BCUT2D eigenvalue weighted by molar-refractivity contribution is -0.124. The van der Waals surface area contributed by atoms with Crippen molar-refractivity contribution in [2.75, 3.05) is 13.1 Å². The molecule has 1 aliphatic rings. The Bertz CT molecular complexity index is 815. The molecule has 5 heteroatoms. The van der Waals surface area contributed by atoms with E-state index in [9.17, 15) is 14.0 Å². The first-order valence-electron chi connectivity index (χ1n) is 9.43. The van der Waals surface area contributed by atoms with Crippen LogP contribution in [0.1, 0.15) is 41.3 Å². The summed E-state index contributed by atoms with van der Waals surface area (Å²) in [4.78, 5) is 26.7. The second kappa shape index (κ2) is 8.80. The standard InChI is InChI=1S/C22H25FN2O2/c1-16(12-17-6-5-9-20(23)14-17)21(26)24-15-18-7-4-8-19(13-18)22(27)25-10-2-3-11-25/h4-9,13-14,16H,2-3,10-12,15H2,1H3,(H,24,26). The topological polar surface area (TPSA) is 49.4 Å². The summed E-state index contributed by atoms with van der Waals surface area (Å²) in [6.45, 7) is 3.83. The third kappa shape index (κ3) is 5.16. The fourth-order valence-electron chi connectivity index (χ4n) is 3.39. The second-order valence-corrected chi connectivity index (χ2v) is 7.15. The molecule has 1 saturated heterocycles. The van der Waals surface area contributed by atoms with Gasteiger partial charge in [-0.25, -0.2) is 4.39 Å². The van der Waals surface area contributed by atoms with Gasteiger partial charge in [0.1, 0.15) is 5.82 Å². The normalized spacial score (nSPS) is 14.8. The number of nitrogens with zero attached hydrogens (tertiary/aromatic N) is 1. The molecule has 1 heterocycles. The number of likely N-dealkylation sites (tertiary alicyclic amines) is 1. The van der Waals surface area contributed by atoms with Crippen LogP contribution < -0.4 is 5.32 Å². The lowest BCUT2D eigenvalue weighted by atomic mass is 10.00. The maximum Gasteiger partial charge on any atom is 0.253 e. The summed E-state index contributed by atoms with van der Waals surface area (Å²) in [7, 11) is 0. The van der Waals surface area contributed by atoms with E-state index in [1.807, 2.05) is 42.2 Å². The van der Waals surface area contributed by atoms with Crippen LogP contribution >= 0.6 is 0 Å². The minimum atomic E-state index is -0.292. The SMILES string of the molecule is CC(Cc1cccc(F)c1)C(=O)NCc1cccc(C(=O)N2CCCC2)c1. The van der Waals surface area contributed by atoms with Crippen LogP contribution in [-0.2, 0) is 17.8 Å². The van der Waals surface area contributed by atoms with Gasteiger partial charge >= 0.3 is 0 Å². The number of nitrogens with one attached hydrogen (secondary N) is 1. The van der Waals surface area contributed by atoms with Crippen molar-refractivity contribution in [1.82, 2.24) is 10.2 Å². The van der Waals surface area contributed by atoms with Gasteiger partial charge in [-0.05, 0) is 54.7 Å². The molecule has 4 nitrogen and oxygen atoms in total. The monoisotopic (exact) mass is 368 g/mol. The Kier molecular flexibility index (Phi) is 6.22. The maximum absolute atomic E-state index is 13.3. The Hall–Kier alpha value is -2.69. The highest BCUT2D eigenvalue weighted by atomic mass is 19.1. The number of rotatable bonds is 6. The smallest absolute Gasteiger partial charge is 0.253 e. The van der Waals surface area contributed by atoms with E-state index in [1.54, 1.807) is 6.07 Å². The molecule has 2 aromatic rings. The quantitative estimate of drug-likeness (QED) is 0.848. The van der Waals surface area contributed by atoms with Gasteiger partial charge in [0, 0.05) is 31.1 Å². The third-order valence-electron chi connectivity index (χ3n) is 4.91. The van der Waals surface area contributed by atoms with Crippen LogP contribution in [0.5, 0.6) is 0 Å². The molecule has 0 spiro atoms. The van der Waals surface area contributed by atoms with Gasteiger partial charge in [0.05, 0.1) is 0 Å². The molecule has 1 aliphatic heterocycles. The molecule has 0 aromatic heterocycles. The maximum atomic E-state index is 13.3. The molecule has 1 N–H and O–H groups in total. The average Bonchev–Trinajstić information content (AvgIpc) is 3.20. The van der Waals surface area contributed by atoms with Gasteiger partial charge in [0.15, 0.2) is 0 Å². The van der Waals surface area contributed by atoms with Gasteiger partial charge in [-0.15, -0.1) is 0 Å². The number of hydrogen-bond acceptors (Lipinski definition) is 2.